The summed E-state index contributed by atoms with van der Waals surface area (Å²) in [5.41, 5.74) is 1.12. The Balaban J connectivity index is 1.54. The number of nitrogens with one attached hydrogen (secondary N) is 1. The molecule has 0 radical (unpaired) electrons. The molecule has 3 rings (SSSR count). The maximum absolute atomic E-state index is 12.6. The summed E-state index contributed by atoms with van der Waals surface area (Å²) in [6, 6.07) is 12.6. The third-order valence-corrected chi connectivity index (χ3v) is 6.83. The van der Waals surface area contributed by atoms with E-state index in [1.807, 2.05) is 0 Å². The minimum atomic E-state index is -3.61. The van der Waals surface area contributed by atoms with Gasteiger partial charge in [0.25, 0.3) is 5.91 Å². The number of nitrogens with zero attached hydrogens (tertiary/aromatic N) is 1. The molecule has 1 aliphatic heterocycles. The summed E-state index contributed by atoms with van der Waals surface area (Å²) in [5, 5.41) is 3.18. The average Bonchev–Trinajstić information content (AvgIpc) is 2.76. The zero-order valence-corrected chi connectivity index (χ0v) is 18.5. The van der Waals surface area contributed by atoms with Crippen LogP contribution in [0.5, 0.6) is 0 Å². The lowest BCUT2D eigenvalue weighted by Gasteiger charge is -2.26. The molecular weight excluding hydrogens is 444 g/mol. The van der Waals surface area contributed by atoms with Crippen molar-refractivity contribution in [1.29, 1.82) is 0 Å². The number of rotatable bonds is 7. The zero-order chi connectivity index (χ0) is 22.4. The molecule has 2 aromatic rings. The summed E-state index contributed by atoms with van der Waals surface area (Å²) in [5.74, 6) is -1.06. The lowest BCUT2D eigenvalue weighted by atomic mass is 10.1. The SMILES string of the molecule is CC(OC(=O)Cc1ccc(Cl)cc1)C(=O)Nc1ccc(S(=O)(=O)N2CCOCC2)cc1. The van der Waals surface area contributed by atoms with E-state index in [0.29, 0.717) is 37.0 Å². The van der Waals surface area contributed by atoms with Crippen LogP contribution in [0.25, 0.3) is 0 Å². The van der Waals surface area contributed by atoms with Crippen molar-refractivity contribution in [3.8, 4) is 0 Å². The van der Waals surface area contributed by atoms with Gasteiger partial charge in [-0.25, -0.2) is 8.42 Å². The van der Waals surface area contributed by atoms with Crippen molar-refractivity contribution in [2.24, 2.45) is 0 Å². The van der Waals surface area contributed by atoms with Crippen molar-refractivity contribution in [3.63, 3.8) is 0 Å². The normalized spacial score (nSPS) is 15.8. The molecule has 1 atom stereocenters. The van der Waals surface area contributed by atoms with E-state index < -0.39 is 28.0 Å². The number of carbonyl (C=O) groups is 2. The van der Waals surface area contributed by atoms with Crippen molar-refractivity contribution in [2.75, 3.05) is 31.6 Å². The maximum Gasteiger partial charge on any atom is 0.311 e. The van der Waals surface area contributed by atoms with Gasteiger partial charge in [0.15, 0.2) is 6.10 Å². The molecule has 0 aromatic heterocycles. The first kappa shape index (κ1) is 23.2. The predicted molar refractivity (Wildman–Crippen MR) is 115 cm³/mol. The second-order valence-electron chi connectivity index (χ2n) is 6.97. The van der Waals surface area contributed by atoms with Gasteiger partial charge in [0.05, 0.1) is 24.5 Å². The van der Waals surface area contributed by atoms with Gasteiger partial charge < -0.3 is 14.8 Å². The second kappa shape index (κ2) is 10.2. The molecule has 166 valence electrons. The van der Waals surface area contributed by atoms with E-state index in [2.05, 4.69) is 5.32 Å². The standard InChI is InChI=1S/C21H23ClN2O6S/c1-15(30-20(25)14-16-2-4-17(22)5-3-16)21(26)23-18-6-8-19(9-7-18)31(27,28)24-10-12-29-13-11-24/h2-9,15H,10-14H2,1H3,(H,23,26). The van der Waals surface area contributed by atoms with E-state index in [1.54, 1.807) is 24.3 Å². The van der Waals surface area contributed by atoms with Crippen LogP contribution in [0, 0.1) is 0 Å². The number of halogens is 1. The number of anilines is 1. The smallest absolute Gasteiger partial charge is 0.311 e. The second-order valence-corrected chi connectivity index (χ2v) is 9.34. The summed E-state index contributed by atoms with van der Waals surface area (Å²) >= 11 is 5.82. The maximum atomic E-state index is 12.6. The summed E-state index contributed by atoms with van der Waals surface area (Å²) in [4.78, 5) is 24.5. The third kappa shape index (κ3) is 6.27. The van der Waals surface area contributed by atoms with Gasteiger partial charge in [-0.1, -0.05) is 23.7 Å². The summed E-state index contributed by atoms with van der Waals surface area (Å²) in [6.45, 7) is 2.80. The number of esters is 1. The Morgan fingerprint density at radius 2 is 1.71 bits per heavy atom. The molecule has 8 nitrogen and oxygen atoms in total. The fourth-order valence-corrected chi connectivity index (χ4v) is 4.49. The van der Waals surface area contributed by atoms with Gasteiger partial charge in [0, 0.05) is 23.8 Å². The summed E-state index contributed by atoms with van der Waals surface area (Å²) < 4.78 is 37.0. The van der Waals surface area contributed by atoms with Crippen LogP contribution < -0.4 is 5.32 Å². The first-order valence-corrected chi connectivity index (χ1v) is 11.5. The van der Waals surface area contributed by atoms with Gasteiger partial charge in [-0.2, -0.15) is 4.31 Å². The fraction of sp³-hybridized carbons (Fsp3) is 0.333. The predicted octanol–water partition coefficient (Wildman–Crippen LogP) is 2.47. The number of morpholine rings is 1. The molecular formula is C21H23ClN2O6S. The third-order valence-electron chi connectivity index (χ3n) is 4.67. The molecule has 1 N–H and O–H groups in total. The van der Waals surface area contributed by atoms with Crippen LogP contribution in [0.1, 0.15) is 12.5 Å². The molecule has 1 saturated heterocycles. The van der Waals surface area contributed by atoms with Crippen LogP contribution in [0.2, 0.25) is 5.02 Å². The molecule has 0 saturated carbocycles. The van der Waals surface area contributed by atoms with Crippen molar-refractivity contribution in [2.45, 2.75) is 24.3 Å². The van der Waals surface area contributed by atoms with E-state index in [-0.39, 0.29) is 11.3 Å². The van der Waals surface area contributed by atoms with Crippen molar-refractivity contribution in [1.82, 2.24) is 4.31 Å². The molecule has 0 bridgehead atoms. The Morgan fingerprint density at radius 3 is 2.32 bits per heavy atom. The zero-order valence-electron chi connectivity index (χ0n) is 16.9. The monoisotopic (exact) mass is 466 g/mol. The minimum absolute atomic E-state index is 0.0168. The Kier molecular flexibility index (Phi) is 7.66. The summed E-state index contributed by atoms with van der Waals surface area (Å²) in [6.07, 6.45) is -1.00. The highest BCUT2D eigenvalue weighted by molar-refractivity contribution is 7.89. The van der Waals surface area contributed by atoms with Crippen LogP contribution in [-0.4, -0.2) is 57.0 Å². The lowest BCUT2D eigenvalue weighted by molar-refractivity contribution is -0.152. The van der Waals surface area contributed by atoms with Gasteiger partial charge in [-0.15, -0.1) is 0 Å². The van der Waals surface area contributed by atoms with Crippen molar-refractivity contribution in [3.05, 3.63) is 59.1 Å². The molecule has 1 aliphatic rings. The highest BCUT2D eigenvalue weighted by atomic mass is 35.5. The largest absolute Gasteiger partial charge is 0.452 e. The van der Waals surface area contributed by atoms with Gasteiger partial charge in [0.1, 0.15) is 0 Å². The van der Waals surface area contributed by atoms with Gasteiger partial charge in [0.2, 0.25) is 10.0 Å². The average molecular weight is 467 g/mol. The molecule has 0 aliphatic carbocycles. The van der Waals surface area contributed by atoms with E-state index in [4.69, 9.17) is 21.1 Å². The topological polar surface area (TPSA) is 102 Å². The van der Waals surface area contributed by atoms with E-state index in [1.165, 1.54) is 35.5 Å². The molecule has 1 unspecified atom stereocenters. The Labute approximate surface area is 186 Å². The molecule has 1 fully saturated rings. The van der Waals surface area contributed by atoms with Crippen molar-refractivity contribution >= 4 is 39.2 Å². The quantitative estimate of drug-likeness (QED) is 0.629. The fourth-order valence-electron chi connectivity index (χ4n) is 2.95. The number of hydrogen-bond donors (Lipinski definition) is 1. The number of carbonyl (C=O) groups excluding carboxylic acids is 2. The molecule has 1 heterocycles. The van der Waals surface area contributed by atoms with Crippen LogP contribution in [0.15, 0.2) is 53.4 Å². The van der Waals surface area contributed by atoms with Gasteiger partial charge >= 0.3 is 5.97 Å². The Morgan fingerprint density at radius 1 is 1.10 bits per heavy atom. The number of ether oxygens (including phenoxy) is 2. The molecule has 10 heteroatoms. The number of hydrogen-bond acceptors (Lipinski definition) is 6. The minimum Gasteiger partial charge on any atom is -0.452 e. The number of benzene rings is 2. The van der Waals surface area contributed by atoms with Gasteiger partial charge in [-0.3, -0.25) is 9.59 Å². The van der Waals surface area contributed by atoms with Crippen molar-refractivity contribution < 1.29 is 27.5 Å². The molecule has 0 spiro atoms. The Bertz CT molecular complexity index is 1020. The van der Waals surface area contributed by atoms with Crippen LogP contribution in [0.4, 0.5) is 5.69 Å². The molecule has 1 amide bonds. The summed E-state index contributed by atoms with van der Waals surface area (Å²) in [7, 11) is -3.61. The van der Waals surface area contributed by atoms with Gasteiger partial charge in [-0.05, 0) is 48.9 Å². The molecule has 31 heavy (non-hydrogen) atoms. The first-order valence-electron chi connectivity index (χ1n) is 9.68. The number of amides is 1. The highest BCUT2D eigenvalue weighted by Crippen LogP contribution is 2.20. The van der Waals surface area contributed by atoms with E-state index in [0.717, 1.165) is 5.56 Å². The van der Waals surface area contributed by atoms with Crippen LogP contribution in [0.3, 0.4) is 0 Å². The van der Waals surface area contributed by atoms with Crippen LogP contribution in [-0.2, 0) is 35.5 Å². The lowest BCUT2D eigenvalue weighted by Crippen LogP contribution is -2.40. The van der Waals surface area contributed by atoms with E-state index in [9.17, 15) is 18.0 Å². The Hall–Kier alpha value is -2.46. The van der Waals surface area contributed by atoms with E-state index >= 15 is 0 Å². The molecule has 2 aromatic carbocycles. The van der Waals surface area contributed by atoms with Crippen LogP contribution >= 0.6 is 11.6 Å². The highest BCUT2D eigenvalue weighted by Gasteiger charge is 2.26. The first-order chi connectivity index (χ1) is 14.8. The number of sulfonamides is 1.